The molecule has 0 aliphatic rings. The van der Waals surface area contributed by atoms with Crippen LogP contribution >= 0.6 is 0 Å². The highest BCUT2D eigenvalue weighted by Crippen LogP contribution is 2.38. The number of rotatable bonds is 17. The van der Waals surface area contributed by atoms with Crippen molar-refractivity contribution in [2.75, 3.05) is 13.6 Å². The Kier molecular flexibility index (Phi) is 14.7. The average molecular weight is 394 g/mol. The number of unbranched alkanes of at least 4 members (excludes halogenated alkanes) is 9. The third-order valence-corrected chi connectivity index (χ3v) is 5.82. The molecule has 28 heavy (non-hydrogen) atoms. The van der Waals surface area contributed by atoms with Gasteiger partial charge in [-0.25, -0.2) is 0 Å². The van der Waals surface area contributed by atoms with Crippen LogP contribution in [0, 0.1) is 10.8 Å². The van der Waals surface area contributed by atoms with E-state index in [2.05, 4.69) is 53.7 Å². The van der Waals surface area contributed by atoms with Crippen LogP contribution in [0.3, 0.4) is 0 Å². The highest BCUT2D eigenvalue weighted by Gasteiger charge is 2.35. The van der Waals surface area contributed by atoms with Gasteiger partial charge in [0.2, 0.25) is 5.91 Å². The van der Waals surface area contributed by atoms with Gasteiger partial charge in [-0.05, 0) is 31.1 Å². The van der Waals surface area contributed by atoms with Crippen molar-refractivity contribution >= 4 is 5.91 Å². The molecule has 0 unspecified atom stereocenters. The third-order valence-electron chi connectivity index (χ3n) is 5.82. The first-order valence-corrected chi connectivity index (χ1v) is 12.1. The van der Waals surface area contributed by atoms with Crippen LogP contribution in [-0.4, -0.2) is 24.4 Å². The smallest absolute Gasteiger partial charge is 0.228 e. The van der Waals surface area contributed by atoms with Crippen LogP contribution in [0.4, 0.5) is 0 Å². The van der Waals surface area contributed by atoms with Gasteiger partial charge >= 0.3 is 0 Å². The van der Waals surface area contributed by atoms with E-state index in [1.165, 1.54) is 70.6 Å². The molecule has 0 aliphatic carbocycles. The zero-order valence-corrected chi connectivity index (χ0v) is 20.4. The summed E-state index contributed by atoms with van der Waals surface area (Å²) in [5, 5.41) is 0. The van der Waals surface area contributed by atoms with Crippen LogP contribution in [-0.2, 0) is 4.79 Å². The first-order chi connectivity index (χ1) is 13.2. The van der Waals surface area contributed by atoms with Crippen molar-refractivity contribution in [3.8, 4) is 0 Å². The summed E-state index contributed by atoms with van der Waals surface area (Å²) >= 11 is 0. The Labute approximate surface area is 177 Å². The summed E-state index contributed by atoms with van der Waals surface area (Å²) in [7, 11) is 1.95. The van der Waals surface area contributed by atoms with E-state index in [9.17, 15) is 4.79 Å². The molecule has 0 saturated carbocycles. The molecule has 1 amide bonds. The Hall–Kier alpha value is -0.790. The predicted octanol–water partition coefficient (Wildman–Crippen LogP) is 8.16. The molecule has 0 aromatic heterocycles. The van der Waals surface area contributed by atoms with Crippen LogP contribution in [0.25, 0.3) is 0 Å². The van der Waals surface area contributed by atoms with Crippen LogP contribution in [0.5, 0.6) is 0 Å². The van der Waals surface area contributed by atoms with Crippen molar-refractivity contribution in [1.29, 1.82) is 0 Å². The molecular formula is C26H51NO. The minimum atomic E-state index is -0.296. The van der Waals surface area contributed by atoms with Crippen LogP contribution in [0.2, 0.25) is 0 Å². The molecule has 2 nitrogen and oxygen atoms in total. The maximum Gasteiger partial charge on any atom is 0.228 e. The molecule has 2 heteroatoms. The van der Waals surface area contributed by atoms with Crippen molar-refractivity contribution in [3.05, 3.63) is 12.2 Å². The minimum absolute atomic E-state index is 0.222. The maximum absolute atomic E-state index is 13.0. The van der Waals surface area contributed by atoms with Crippen molar-refractivity contribution < 1.29 is 4.79 Å². The zero-order chi connectivity index (χ0) is 21.5. The Morgan fingerprint density at radius 3 is 1.93 bits per heavy atom. The fourth-order valence-corrected chi connectivity index (χ4v) is 4.38. The fraction of sp³-hybridized carbons (Fsp3) is 0.885. The molecule has 0 heterocycles. The number of amides is 1. The van der Waals surface area contributed by atoms with Gasteiger partial charge in [0.15, 0.2) is 0 Å². The standard InChI is InChI=1S/C26H51NO/c1-8-10-12-14-16-18-20-22-27(7)24(28)26(5,6)23-25(3,4)21-19-17-15-13-11-9-2/h18,20H,8-17,19,21-23H2,1-7H3/b20-18-. The molecular weight excluding hydrogens is 342 g/mol. The van der Waals surface area contributed by atoms with E-state index in [4.69, 9.17) is 0 Å². The van der Waals surface area contributed by atoms with Crippen molar-refractivity contribution in [2.24, 2.45) is 10.8 Å². The van der Waals surface area contributed by atoms with Gasteiger partial charge in [0.05, 0.1) is 0 Å². The SMILES string of the molecule is CCCCCC/C=C\CN(C)C(=O)C(C)(C)CC(C)(C)CCCCCCCC. The molecule has 0 bridgehead atoms. The summed E-state index contributed by atoms with van der Waals surface area (Å²) < 4.78 is 0. The Bertz CT molecular complexity index is 422. The van der Waals surface area contributed by atoms with Crippen molar-refractivity contribution in [3.63, 3.8) is 0 Å². The van der Waals surface area contributed by atoms with Gasteiger partial charge in [-0.1, -0.05) is 111 Å². The molecule has 0 fully saturated rings. The average Bonchev–Trinajstić information content (AvgIpc) is 2.62. The highest BCUT2D eigenvalue weighted by atomic mass is 16.2. The summed E-state index contributed by atoms with van der Waals surface area (Å²) in [5.41, 5.74) is -0.0741. The maximum atomic E-state index is 13.0. The molecule has 0 atom stereocenters. The van der Waals surface area contributed by atoms with Gasteiger partial charge in [0.1, 0.15) is 0 Å². The summed E-state index contributed by atoms with van der Waals surface area (Å²) in [5.74, 6) is 0.277. The number of likely N-dealkylation sites (N-methyl/N-ethyl adjacent to an activating group) is 1. The Morgan fingerprint density at radius 2 is 1.32 bits per heavy atom. The lowest BCUT2D eigenvalue weighted by molar-refractivity contribution is -0.140. The largest absolute Gasteiger partial charge is 0.342 e. The van der Waals surface area contributed by atoms with Gasteiger partial charge in [-0.15, -0.1) is 0 Å². The van der Waals surface area contributed by atoms with E-state index in [1.807, 2.05) is 11.9 Å². The highest BCUT2D eigenvalue weighted by molar-refractivity contribution is 5.81. The first kappa shape index (κ1) is 27.2. The van der Waals surface area contributed by atoms with E-state index in [-0.39, 0.29) is 16.7 Å². The van der Waals surface area contributed by atoms with Gasteiger partial charge in [0.25, 0.3) is 0 Å². The normalized spacial score (nSPS) is 12.7. The number of hydrogen-bond acceptors (Lipinski definition) is 1. The zero-order valence-electron chi connectivity index (χ0n) is 20.4. The van der Waals surface area contributed by atoms with Crippen LogP contribution < -0.4 is 0 Å². The predicted molar refractivity (Wildman–Crippen MR) is 126 cm³/mol. The molecule has 0 N–H and O–H groups in total. The van der Waals surface area contributed by atoms with Gasteiger partial charge in [-0.3, -0.25) is 4.79 Å². The number of nitrogens with zero attached hydrogens (tertiary/aromatic N) is 1. The fourth-order valence-electron chi connectivity index (χ4n) is 4.38. The molecule has 0 saturated heterocycles. The van der Waals surface area contributed by atoms with Crippen LogP contribution in [0.1, 0.15) is 125 Å². The van der Waals surface area contributed by atoms with Crippen LogP contribution in [0.15, 0.2) is 12.2 Å². The first-order valence-electron chi connectivity index (χ1n) is 12.1. The Balaban J connectivity index is 4.29. The topological polar surface area (TPSA) is 20.3 Å². The third kappa shape index (κ3) is 13.4. The lowest BCUT2D eigenvalue weighted by Crippen LogP contribution is -2.41. The van der Waals surface area contributed by atoms with E-state index in [0.717, 1.165) is 19.4 Å². The minimum Gasteiger partial charge on any atom is -0.342 e. The number of hydrogen-bond donors (Lipinski definition) is 0. The molecule has 0 aliphatic heterocycles. The van der Waals surface area contributed by atoms with Gasteiger partial charge < -0.3 is 4.90 Å². The lowest BCUT2D eigenvalue weighted by Gasteiger charge is -2.36. The number of allylic oxidation sites excluding steroid dienone is 1. The van der Waals surface area contributed by atoms with E-state index in [1.54, 1.807) is 0 Å². The molecule has 0 rings (SSSR count). The number of carbonyl (C=O) groups is 1. The second-order valence-electron chi connectivity index (χ2n) is 10.2. The molecule has 0 spiro atoms. The molecule has 0 radical (unpaired) electrons. The quantitative estimate of drug-likeness (QED) is 0.180. The summed E-state index contributed by atoms with van der Waals surface area (Å²) in [6, 6.07) is 0. The molecule has 0 aromatic carbocycles. The van der Waals surface area contributed by atoms with Gasteiger partial charge in [-0.2, -0.15) is 0 Å². The Morgan fingerprint density at radius 1 is 0.786 bits per heavy atom. The monoisotopic (exact) mass is 393 g/mol. The second kappa shape index (κ2) is 15.1. The van der Waals surface area contributed by atoms with Gasteiger partial charge in [0, 0.05) is 19.0 Å². The van der Waals surface area contributed by atoms with Crippen molar-refractivity contribution in [1.82, 2.24) is 4.90 Å². The molecule has 0 aromatic rings. The molecule has 166 valence electrons. The number of carbonyl (C=O) groups excluding carboxylic acids is 1. The van der Waals surface area contributed by atoms with E-state index < -0.39 is 0 Å². The van der Waals surface area contributed by atoms with E-state index >= 15 is 0 Å². The summed E-state index contributed by atoms with van der Waals surface area (Å²) in [6.07, 6.45) is 20.9. The van der Waals surface area contributed by atoms with E-state index in [0.29, 0.717) is 0 Å². The lowest BCUT2D eigenvalue weighted by atomic mass is 9.72. The van der Waals surface area contributed by atoms with Crippen molar-refractivity contribution in [2.45, 2.75) is 125 Å². The second-order valence-corrected chi connectivity index (χ2v) is 10.2. The summed E-state index contributed by atoms with van der Waals surface area (Å²) in [4.78, 5) is 14.9. The summed E-state index contributed by atoms with van der Waals surface area (Å²) in [6.45, 7) is 14.2.